The minimum atomic E-state index is -5.29. The zero-order valence-corrected chi connectivity index (χ0v) is 17.4. The predicted octanol–water partition coefficient (Wildman–Crippen LogP) is 2.44. The smallest absolute Gasteiger partial charge is 0.491 e. The van der Waals surface area contributed by atoms with Gasteiger partial charge in [0.2, 0.25) is 0 Å². The Bertz CT molecular complexity index is 986. The highest BCUT2D eigenvalue weighted by Crippen LogP contribution is 2.41. The number of nitrogens with zero attached hydrogens (tertiary/aromatic N) is 1. The number of hydrogen-bond donors (Lipinski definition) is 2. The Morgan fingerprint density at radius 2 is 1.80 bits per heavy atom. The molecule has 1 saturated heterocycles. The normalized spacial score (nSPS) is 24.1. The molecule has 2 aromatic carbocycles. The van der Waals surface area contributed by atoms with E-state index in [1.165, 1.54) is 7.11 Å². The van der Waals surface area contributed by atoms with E-state index in [4.69, 9.17) is 10.5 Å². The fourth-order valence-electron chi connectivity index (χ4n) is 3.22. The van der Waals surface area contributed by atoms with Crippen molar-refractivity contribution >= 4 is 27.8 Å². The Morgan fingerprint density at radius 3 is 2.33 bits per heavy atom. The van der Waals surface area contributed by atoms with Crippen molar-refractivity contribution in [3.05, 3.63) is 64.1 Å². The third-order valence-electron chi connectivity index (χ3n) is 4.75. The molecule has 1 aliphatic rings. The van der Waals surface area contributed by atoms with E-state index < -0.39 is 29.6 Å². The first-order valence-corrected chi connectivity index (χ1v) is 9.30. The summed E-state index contributed by atoms with van der Waals surface area (Å²) in [5.41, 5.74) is 4.94. The number of nitrogens with one attached hydrogen (secondary N) is 1. The van der Waals surface area contributed by atoms with Gasteiger partial charge in [0.05, 0.1) is 7.11 Å². The molecule has 0 aromatic heterocycles. The number of amides is 1. The fourth-order valence-corrected chi connectivity index (χ4v) is 3.62. The second kappa shape index (κ2) is 7.56. The fraction of sp³-hybridized carbons (Fsp3) is 0.263. The lowest BCUT2D eigenvalue weighted by atomic mass is 9.82. The van der Waals surface area contributed by atoms with Crippen LogP contribution in [-0.4, -0.2) is 43.1 Å². The molecule has 3 rings (SSSR count). The third kappa shape index (κ3) is 3.64. The Morgan fingerprint density at radius 1 is 1.17 bits per heavy atom. The molecular weight excluding hydrogens is 471 g/mol. The van der Waals surface area contributed by atoms with Crippen molar-refractivity contribution < 1.29 is 32.2 Å². The number of alkyl halides is 3. The van der Waals surface area contributed by atoms with Gasteiger partial charge in [-0.15, -0.1) is 0 Å². The molecule has 3 N–H and O–H groups in total. The van der Waals surface area contributed by atoms with Gasteiger partial charge in [0.25, 0.3) is 5.91 Å². The standard InChI is InChI=1S/C19H17BrF3N3O4/c1-26-15(27)17(12-4-3-5-13(20)10-12,11-6-8-14(29-2)9-7-11)25-19(26,24)30-16(28)18(21,22)23/h3-10,25H,24H2,1-2H3. The van der Waals surface area contributed by atoms with Crippen LogP contribution in [0.2, 0.25) is 0 Å². The summed E-state index contributed by atoms with van der Waals surface area (Å²) in [7, 11) is 2.61. The number of likely N-dealkylation sites (N-methyl/N-ethyl adjacent to an activating group) is 1. The van der Waals surface area contributed by atoms with Crippen molar-refractivity contribution in [2.24, 2.45) is 5.73 Å². The van der Waals surface area contributed by atoms with Gasteiger partial charge in [0.1, 0.15) is 5.75 Å². The summed E-state index contributed by atoms with van der Waals surface area (Å²) in [6.45, 7) is 0. The van der Waals surface area contributed by atoms with Crippen molar-refractivity contribution in [2.75, 3.05) is 14.2 Å². The lowest BCUT2D eigenvalue weighted by molar-refractivity contribution is -0.228. The molecule has 11 heteroatoms. The highest BCUT2D eigenvalue weighted by atomic mass is 79.9. The summed E-state index contributed by atoms with van der Waals surface area (Å²) in [4.78, 5) is 25.6. The second-order valence-corrected chi connectivity index (χ2v) is 7.48. The van der Waals surface area contributed by atoms with E-state index in [0.29, 0.717) is 21.3 Å². The number of benzene rings is 2. The molecule has 0 bridgehead atoms. The van der Waals surface area contributed by atoms with Gasteiger partial charge >= 0.3 is 18.1 Å². The van der Waals surface area contributed by atoms with Gasteiger partial charge in [-0.1, -0.05) is 40.2 Å². The summed E-state index contributed by atoms with van der Waals surface area (Å²) in [6, 6.07) is 12.9. The molecule has 1 amide bonds. The van der Waals surface area contributed by atoms with Crippen LogP contribution < -0.4 is 15.8 Å². The molecule has 2 unspecified atom stereocenters. The van der Waals surface area contributed by atoms with Gasteiger partial charge in [0.15, 0.2) is 5.54 Å². The second-order valence-electron chi connectivity index (χ2n) is 6.56. The summed E-state index contributed by atoms with van der Waals surface area (Å²) in [6.07, 6.45) is -5.29. The molecule has 1 aliphatic heterocycles. The molecule has 2 aromatic rings. The highest BCUT2D eigenvalue weighted by molar-refractivity contribution is 9.10. The van der Waals surface area contributed by atoms with Crippen LogP contribution >= 0.6 is 15.9 Å². The number of methoxy groups -OCH3 is 1. The number of carbonyl (C=O) groups excluding carboxylic acids is 2. The van der Waals surface area contributed by atoms with Gasteiger partial charge in [-0.05, 0) is 35.4 Å². The minimum Gasteiger partial charge on any atom is -0.497 e. The van der Waals surface area contributed by atoms with Crippen LogP contribution in [0.5, 0.6) is 5.75 Å². The molecule has 0 spiro atoms. The molecule has 0 aliphatic carbocycles. The van der Waals surface area contributed by atoms with Crippen LogP contribution in [0.1, 0.15) is 11.1 Å². The molecule has 30 heavy (non-hydrogen) atoms. The van der Waals surface area contributed by atoms with E-state index in [2.05, 4.69) is 26.0 Å². The van der Waals surface area contributed by atoms with Crippen LogP contribution in [0, 0.1) is 0 Å². The Hall–Kier alpha value is -2.63. The Balaban J connectivity index is 2.17. The first-order chi connectivity index (χ1) is 13.9. The molecule has 2 atom stereocenters. The molecule has 1 heterocycles. The summed E-state index contributed by atoms with van der Waals surface area (Å²) in [5.74, 6) is -5.30. The van der Waals surface area contributed by atoms with Gasteiger partial charge < -0.3 is 9.47 Å². The van der Waals surface area contributed by atoms with Crippen LogP contribution in [0.15, 0.2) is 53.0 Å². The lowest BCUT2D eigenvalue weighted by Crippen LogP contribution is -2.64. The maximum absolute atomic E-state index is 13.4. The van der Waals surface area contributed by atoms with Crippen LogP contribution in [0.3, 0.4) is 0 Å². The third-order valence-corrected chi connectivity index (χ3v) is 5.24. The van der Waals surface area contributed by atoms with Crippen LogP contribution in [0.4, 0.5) is 13.2 Å². The lowest BCUT2D eigenvalue weighted by Gasteiger charge is -2.32. The maximum atomic E-state index is 13.4. The summed E-state index contributed by atoms with van der Waals surface area (Å²) in [5, 5.41) is 2.63. The van der Waals surface area contributed by atoms with E-state index in [0.717, 1.165) is 11.9 Å². The summed E-state index contributed by atoms with van der Waals surface area (Å²) < 4.78 is 48.6. The van der Waals surface area contributed by atoms with Crippen LogP contribution in [0.25, 0.3) is 0 Å². The van der Waals surface area contributed by atoms with Crippen molar-refractivity contribution in [1.29, 1.82) is 0 Å². The SMILES string of the molecule is COc1ccc(C2(c3cccc(Br)c3)NC(N)(OC(=O)C(F)(F)F)N(C)C2=O)cc1. The number of ether oxygens (including phenoxy) is 2. The number of hydrogen-bond acceptors (Lipinski definition) is 6. The van der Waals surface area contributed by atoms with Crippen molar-refractivity contribution in [2.45, 2.75) is 17.7 Å². The number of nitrogens with two attached hydrogens (primary N) is 1. The van der Waals surface area contributed by atoms with Crippen molar-refractivity contribution in [3.8, 4) is 5.75 Å². The number of carbonyl (C=O) groups is 2. The predicted molar refractivity (Wildman–Crippen MR) is 103 cm³/mol. The van der Waals surface area contributed by atoms with Crippen molar-refractivity contribution in [1.82, 2.24) is 10.2 Å². The molecule has 160 valence electrons. The molecule has 1 fully saturated rings. The number of esters is 1. The first-order valence-electron chi connectivity index (χ1n) is 8.51. The topological polar surface area (TPSA) is 93.9 Å². The monoisotopic (exact) mass is 487 g/mol. The zero-order chi connectivity index (χ0) is 22.3. The Kier molecular flexibility index (Phi) is 5.56. The van der Waals surface area contributed by atoms with Gasteiger partial charge in [-0.25, -0.2) is 10.1 Å². The highest BCUT2D eigenvalue weighted by Gasteiger charge is 2.62. The molecule has 0 saturated carbocycles. The van der Waals surface area contributed by atoms with Crippen molar-refractivity contribution in [3.63, 3.8) is 0 Å². The number of halogens is 4. The van der Waals surface area contributed by atoms with Crippen LogP contribution in [-0.2, 0) is 19.9 Å². The summed E-state index contributed by atoms with van der Waals surface area (Å²) >= 11 is 3.32. The van der Waals surface area contributed by atoms with E-state index in [-0.39, 0.29) is 0 Å². The van der Waals surface area contributed by atoms with Gasteiger partial charge in [0, 0.05) is 11.5 Å². The molecular formula is C19H17BrF3N3O4. The average molecular weight is 488 g/mol. The molecule has 7 nitrogen and oxygen atoms in total. The average Bonchev–Trinajstić information content (AvgIpc) is 2.89. The molecule has 0 radical (unpaired) electrons. The quantitative estimate of drug-likeness (QED) is 0.508. The van der Waals surface area contributed by atoms with E-state index in [1.54, 1.807) is 48.5 Å². The zero-order valence-electron chi connectivity index (χ0n) is 15.8. The minimum absolute atomic E-state index is 0.355. The Labute approximate surface area is 178 Å². The van der Waals surface area contributed by atoms with Gasteiger partial charge in [-0.2, -0.15) is 13.2 Å². The largest absolute Gasteiger partial charge is 0.497 e. The van der Waals surface area contributed by atoms with E-state index in [9.17, 15) is 22.8 Å². The van der Waals surface area contributed by atoms with Gasteiger partial charge in [-0.3, -0.25) is 15.4 Å². The number of rotatable bonds is 4. The maximum Gasteiger partial charge on any atom is 0.491 e. The van der Waals surface area contributed by atoms with E-state index in [1.807, 2.05) is 0 Å². The van der Waals surface area contributed by atoms with E-state index >= 15 is 0 Å². The first kappa shape index (κ1) is 22.1.